The Balaban J connectivity index is 1.31. The molecule has 7 heteroatoms. The summed E-state index contributed by atoms with van der Waals surface area (Å²) < 4.78 is 18.7. The van der Waals surface area contributed by atoms with Crippen LogP contribution in [0, 0.1) is 12.7 Å². The normalized spacial score (nSPS) is 15.4. The lowest BCUT2D eigenvalue weighted by atomic mass is 10.2. The van der Waals surface area contributed by atoms with Crippen molar-refractivity contribution in [1.82, 2.24) is 14.8 Å². The molecule has 0 atom stereocenters. The fourth-order valence-electron chi connectivity index (χ4n) is 3.54. The first-order chi connectivity index (χ1) is 14.1. The van der Waals surface area contributed by atoms with Gasteiger partial charge in [0.15, 0.2) is 10.8 Å². The molecule has 1 aliphatic heterocycles. The van der Waals surface area contributed by atoms with Crippen molar-refractivity contribution in [2.45, 2.75) is 26.3 Å². The average molecular weight is 414 g/mol. The molecular formula is C22H24FN3O2S. The van der Waals surface area contributed by atoms with Gasteiger partial charge in [0.25, 0.3) is 0 Å². The van der Waals surface area contributed by atoms with E-state index in [1.54, 1.807) is 0 Å². The fourth-order valence-corrected chi connectivity index (χ4v) is 4.32. The van der Waals surface area contributed by atoms with Gasteiger partial charge >= 0.3 is 0 Å². The van der Waals surface area contributed by atoms with E-state index in [1.807, 2.05) is 41.5 Å². The fraction of sp³-hybridized carbons (Fsp3) is 0.364. The second-order valence-corrected chi connectivity index (χ2v) is 8.23. The van der Waals surface area contributed by atoms with Gasteiger partial charge in [-0.3, -0.25) is 9.69 Å². The molecule has 3 aromatic rings. The molecule has 0 aliphatic carbocycles. The minimum Gasteiger partial charge on any atom is -0.459 e. The van der Waals surface area contributed by atoms with E-state index in [9.17, 15) is 9.18 Å². The number of hydrogen-bond donors (Lipinski definition) is 0. The van der Waals surface area contributed by atoms with E-state index in [0.29, 0.717) is 13.0 Å². The Morgan fingerprint density at radius 1 is 1.14 bits per heavy atom. The summed E-state index contributed by atoms with van der Waals surface area (Å²) in [5, 5.41) is 2.74. The maximum absolute atomic E-state index is 13.1. The number of nitrogens with zero attached hydrogens (tertiary/aromatic N) is 3. The topological polar surface area (TPSA) is 49.6 Å². The van der Waals surface area contributed by atoms with E-state index in [2.05, 4.69) is 9.88 Å². The summed E-state index contributed by atoms with van der Waals surface area (Å²) in [5.74, 6) is 1.50. The molecule has 1 fully saturated rings. The van der Waals surface area contributed by atoms with Crippen molar-refractivity contribution in [3.63, 3.8) is 0 Å². The molecule has 3 heterocycles. The molecule has 0 bridgehead atoms. The minimum absolute atomic E-state index is 0.112. The molecule has 29 heavy (non-hydrogen) atoms. The van der Waals surface area contributed by atoms with E-state index in [4.69, 9.17) is 4.42 Å². The lowest BCUT2D eigenvalue weighted by molar-refractivity contribution is -0.130. The number of aromatic nitrogens is 1. The molecule has 1 aliphatic rings. The number of benzene rings is 1. The SMILES string of the molecule is Cc1ccc(-c2nc(CC(=O)N3CCCN(Cc4ccc(F)cc4)CC3)cs2)o1. The summed E-state index contributed by atoms with van der Waals surface area (Å²) >= 11 is 1.50. The Hall–Kier alpha value is -2.51. The number of thiazole rings is 1. The van der Waals surface area contributed by atoms with Crippen LogP contribution in [0.5, 0.6) is 0 Å². The minimum atomic E-state index is -0.214. The number of hydrogen-bond acceptors (Lipinski definition) is 5. The number of furan rings is 1. The van der Waals surface area contributed by atoms with Crippen LogP contribution in [0.4, 0.5) is 4.39 Å². The van der Waals surface area contributed by atoms with Crippen LogP contribution in [0.2, 0.25) is 0 Å². The number of rotatable bonds is 5. The number of halogens is 1. The van der Waals surface area contributed by atoms with Crippen molar-refractivity contribution in [2.24, 2.45) is 0 Å². The maximum Gasteiger partial charge on any atom is 0.228 e. The van der Waals surface area contributed by atoms with Gasteiger partial charge in [-0.15, -0.1) is 11.3 Å². The highest BCUT2D eigenvalue weighted by atomic mass is 32.1. The van der Waals surface area contributed by atoms with Crippen LogP contribution < -0.4 is 0 Å². The Morgan fingerprint density at radius 3 is 2.72 bits per heavy atom. The Bertz CT molecular complexity index is 967. The van der Waals surface area contributed by atoms with E-state index in [1.165, 1.54) is 23.5 Å². The second kappa shape index (κ2) is 8.88. The summed E-state index contributed by atoms with van der Waals surface area (Å²) in [7, 11) is 0. The molecule has 0 radical (unpaired) electrons. The van der Waals surface area contributed by atoms with Crippen LogP contribution in [0.25, 0.3) is 10.8 Å². The van der Waals surface area contributed by atoms with E-state index in [-0.39, 0.29) is 11.7 Å². The molecule has 5 nitrogen and oxygen atoms in total. The molecule has 0 spiro atoms. The van der Waals surface area contributed by atoms with Crippen LogP contribution in [0.1, 0.15) is 23.4 Å². The predicted molar refractivity (Wildman–Crippen MR) is 111 cm³/mol. The van der Waals surface area contributed by atoms with Crippen LogP contribution >= 0.6 is 11.3 Å². The van der Waals surface area contributed by atoms with Gasteiger partial charge in [-0.1, -0.05) is 12.1 Å². The molecule has 1 amide bonds. The van der Waals surface area contributed by atoms with Crippen molar-refractivity contribution in [1.29, 1.82) is 0 Å². The zero-order chi connectivity index (χ0) is 20.2. The Labute approximate surface area is 173 Å². The van der Waals surface area contributed by atoms with Gasteiger partial charge < -0.3 is 9.32 Å². The third-order valence-corrected chi connectivity index (χ3v) is 6.00. The van der Waals surface area contributed by atoms with Crippen LogP contribution in [-0.2, 0) is 17.8 Å². The number of aryl methyl sites for hydroxylation is 1. The summed E-state index contributed by atoms with van der Waals surface area (Å²) in [6, 6.07) is 10.5. The first-order valence-corrected chi connectivity index (χ1v) is 10.7. The Kier molecular flexibility index (Phi) is 6.06. The molecule has 152 valence electrons. The summed E-state index contributed by atoms with van der Waals surface area (Å²) in [6.45, 7) is 5.89. The largest absolute Gasteiger partial charge is 0.459 e. The van der Waals surface area contributed by atoms with E-state index in [0.717, 1.165) is 60.4 Å². The Morgan fingerprint density at radius 2 is 1.97 bits per heavy atom. The third kappa shape index (κ3) is 5.10. The first-order valence-electron chi connectivity index (χ1n) is 9.82. The number of carbonyl (C=O) groups excluding carboxylic acids is 1. The number of carbonyl (C=O) groups is 1. The van der Waals surface area contributed by atoms with Gasteiger partial charge in [0.05, 0.1) is 12.1 Å². The molecule has 0 N–H and O–H groups in total. The predicted octanol–water partition coefficient (Wildman–Crippen LogP) is 4.13. The van der Waals surface area contributed by atoms with Gasteiger partial charge in [0.2, 0.25) is 5.91 Å². The van der Waals surface area contributed by atoms with Crippen molar-refractivity contribution in [3.8, 4) is 10.8 Å². The molecule has 1 aromatic carbocycles. The molecule has 1 saturated heterocycles. The van der Waals surface area contributed by atoms with Crippen molar-refractivity contribution < 1.29 is 13.6 Å². The van der Waals surface area contributed by atoms with Gasteiger partial charge in [-0.05, 0) is 43.2 Å². The summed E-state index contributed by atoms with van der Waals surface area (Å²) in [4.78, 5) is 21.6. The van der Waals surface area contributed by atoms with Crippen LogP contribution in [-0.4, -0.2) is 46.9 Å². The third-order valence-electron chi connectivity index (χ3n) is 5.10. The highest BCUT2D eigenvalue weighted by Gasteiger charge is 2.20. The summed E-state index contributed by atoms with van der Waals surface area (Å²) in [5.41, 5.74) is 1.88. The van der Waals surface area contributed by atoms with E-state index < -0.39 is 0 Å². The van der Waals surface area contributed by atoms with Crippen molar-refractivity contribution in [2.75, 3.05) is 26.2 Å². The smallest absolute Gasteiger partial charge is 0.228 e. The van der Waals surface area contributed by atoms with Gasteiger partial charge in [0.1, 0.15) is 11.6 Å². The molecule has 0 unspecified atom stereocenters. The van der Waals surface area contributed by atoms with Gasteiger partial charge in [-0.25, -0.2) is 9.37 Å². The van der Waals surface area contributed by atoms with Crippen molar-refractivity contribution in [3.05, 3.63) is 64.6 Å². The first kappa shape index (κ1) is 19.8. The molecule has 2 aromatic heterocycles. The van der Waals surface area contributed by atoms with Crippen molar-refractivity contribution >= 4 is 17.2 Å². The number of amides is 1. The highest BCUT2D eigenvalue weighted by Crippen LogP contribution is 2.26. The van der Waals surface area contributed by atoms with Crippen LogP contribution in [0.3, 0.4) is 0 Å². The monoisotopic (exact) mass is 413 g/mol. The zero-order valence-electron chi connectivity index (χ0n) is 16.4. The second-order valence-electron chi connectivity index (χ2n) is 7.37. The van der Waals surface area contributed by atoms with E-state index >= 15 is 0 Å². The van der Waals surface area contributed by atoms with Gasteiger partial charge in [-0.2, -0.15) is 0 Å². The lowest BCUT2D eigenvalue weighted by Crippen LogP contribution is -2.36. The molecule has 4 rings (SSSR count). The highest BCUT2D eigenvalue weighted by molar-refractivity contribution is 7.13. The maximum atomic E-state index is 13.1. The average Bonchev–Trinajstić information content (AvgIpc) is 3.27. The molecule has 0 saturated carbocycles. The van der Waals surface area contributed by atoms with Crippen LogP contribution in [0.15, 0.2) is 46.2 Å². The van der Waals surface area contributed by atoms with Gasteiger partial charge in [0, 0.05) is 38.1 Å². The zero-order valence-corrected chi connectivity index (χ0v) is 17.3. The quantitative estimate of drug-likeness (QED) is 0.631. The summed E-state index contributed by atoms with van der Waals surface area (Å²) in [6.07, 6.45) is 1.25. The standard InChI is InChI=1S/C22H24FN3O2S/c1-16-3-8-20(28-16)22-24-19(15-29-22)13-21(27)26-10-2-9-25(11-12-26)14-17-4-6-18(23)7-5-17/h3-8,15H,2,9-14H2,1H3. The molecular weight excluding hydrogens is 389 g/mol. The lowest BCUT2D eigenvalue weighted by Gasteiger charge is -2.22.